The Morgan fingerprint density at radius 2 is 2.33 bits per heavy atom. The van der Waals surface area contributed by atoms with Gasteiger partial charge in [-0.1, -0.05) is 6.07 Å². The number of likely N-dealkylation sites (tertiary alicyclic amines) is 1. The maximum Gasteiger partial charge on any atom is 0.222 e. The summed E-state index contributed by atoms with van der Waals surface area (Å²) in [5.74, 6) is 0.134. The standard InChI is InChI=1S/C16H23FN2O2/c1-11(14-7-6-12(17)9-15(14)21-3)18-16(20)10-13-5-4-8-19(13)2/h6-7,9,11,13H,4-5,8,10H2,1-3H3,(H,18,20)/t11?,13-/m0/s1. The third kappa shape index (κ3) is 3.94. The number of nitrogens with one attached hydrogen (secondary N) is 1. The highest BCUT2D eigenvalue weighted by Crippen LogP contribution is 2.26. The van der Waals surface area contributed by atoms with Crippen molar-refractivity contribution in [3.8, 4) is 5.75 Å². The SMILES string of the molecule is COc1cc(F)ccc1C(C)NC(=O)C[C@@H]1CCCN1C. The molecule has 0 radical (unpaired) electrons. The lowest BCUT2D eigenvalue weighted by Crippen LogP contribution is -2.34. The third-order valence-corrected chi connectivity index (χ3v) is 4.13. The van der Waals surface area contributed by atoms with Crippen LogP contribution in [0.4, 0.5) is 4.39 Å². The van der Waals surface area contributed by atoms with E-state index in [1.807, 2.05) is 6.92 Å². The Kier molecular flexibility index (Phi) is 5.17. The summed E-state index contributed by atoms with van der Waals surface area (Å²) in [4.78, 5) is 14.4. The van der Waals surface area contributed by atoms with Gasteiger partial charge in [-0.15, -0.1) is 0 Å². The first kappa shape index (κ1) is 15.8. The lowest BCUT2D eigenvalue weighted by Gasteiger charge is -2.21. The summed E-state index contributed by atoms with van der Waals surface area (Å²) in [7, 11) is 3.55. The second-order valence-electron chi connectivity index (χ2n) is 5.66. The molecular weight excluding hydrogens is 271 g/mol. The van der Waals surface area contributed by atoms with Crippen LogP contribution in [0.25, 0.3) is 0 Å². The second-order valence-corrected chi connectivity index (χ2v) is 5.66. The van der Waals surface area contributed by atoms with Crippen molar-refractivity contribution >= 4 is 5.91 Å². The van der Waals surface area contributed by atoms with Gasteiger partial charge in [0, 0.05) is 24.1 Å². The van der Waals surface area contributed by atoms with Gasteiger partial charge in [0.2, 0.25) is 5.91 Å². The molecule has 2 rings (SSSR count). The molecule has 1 aromatic carbocycles. The summed E-state index contributed by atoms with van der Waals surface area (Å²) in [6, 6.07) is 4.49. The van der Waals surface area contributed by atoms with Gasteiger partial charge in [-0.25, -0.2) is 4.39 Å². The molecule has 1 unspecified atom stereocenters. The van der Waals surface area contributed by atoms with E-state index in [0.717, 1.165) is 24.9 Å². The average Bonchev–Trinajstić information content (AvgIpc) is 2.83. The van der Waals surface area contributed by atoms with Gasteiger partial charge in [-0.3, -0.25) is 4.79 Å². The molecule has 116 valence electrons. The zero-order valence-corrected chi connectivity index (χ0v) is 12.9. The Labute approximate surface area is 125 Å². The maximum absolute atomic E-state index is 13.2. The Hall–Kier alpha value is -1.62. The van der Waals surface area contributed by atoms with Gasteiger partial charge < -0.3 is 15.0 Å². The lowest BCUT2D eigenvalue weighted by atomic mass is 10.1. The van der Waals surface area contributed by atoms with Gasteiger partial charge in [0.15, 0.2) is 0 Å². The minimum absolute atomic E-state index is 0.0210. The molecule has 21 heavy (non-hydrogen) atoms. The van der Waals surface area contributed by atoms with E-state index in [4.69, 9.17) is 4.74 Å². The van der Waals surface area contributed by atoms with Crippen LogP contribution in [0.5, 0.6) is 5.75 Å². The normalized spacial score (nSPS) is 20.3. The average molecular weight is 294 g/mol. The van der Waals surface area contributed by atoms with Crippen molar-refractivity contribution in [2.24, 2.45) is 0 Å². The van der Waals surface area contributed by atoms with Crippen LogP contribution in [0.3, 0.4) is 0 Å². The fourth-order valence-corrected chi connectivity index (χ4v) is 2.87. The predicted molar refractivity (Wildman–Crippen MR) is 79.8 cm³/mol. The van der Waals surface area contributed by atoms with Crippen LogP contribution in [-0.4, -0.2) is 37.6 Å². The fourth-order valence-electron chi connectivity index (χ4n) is 2.87. The van der Waals surface area contributed by atoms with E-state index in [9.17, 15) is 9.18 Å². The molecule has 1 N–H and O–H groups in total. The quantitative estimate of drug-likeness (QED) is 0.907. The van der Waals surface area contributed by atoms with E-state index in [1.165, 1.54) is 19.2 Å². The van der Waals surface area contributed by atoms with E-state index < -0.39 is 0 Å². The molecule has 1 aliphatic heterocycles. The minimum atomic E-state index is -0.346. The van der Waals surface area contributed by atoms with Crippen LogP contribution in [-0.2, 0) is 4.79 Å². The molecule has 2 atom stereocenters. The van der Waals surface area contributed by atoms with Crippen molar-refractivity contribution in [1.82, 2.24) is 10.2 Å². The summed E-state index contributed by atoms with van der Waals surface area (Å²) in [5.41, 5.74) is 0.784. The Bertz CT molecular complexity index is 507. The Morgan fingerprint density at radius 3 is 2.95 bits per heavy atom. The van der Waals surface area contributed by atoms with Crippen molar-refractivity contribution in [2.75, 3.05) is 20.7 Å². The third-order valence-electron chi connectivity index (χ3n) is 4.13. The Morgan fingerprint density at radius 1 is 1.57 bits per heavy atom. The van der Waals surface area contributed by atoms with Crippen molar-refractivity contribution in [3.63, 3.8) is 0 Å². The number of carbonyl (C=O) groups is 1. The van der Waals surface area contributed by atoms with Crippen LogP contribution >= 0.6 is 0 Å². The van der Waals surface area contributed by atoms with Crippen LogP contribution in [0.2, 0.25) is 0 Å². The molecule has 1 saturated heterocycles. The van der Waals surface area contributed by atoms with Gasteiger partial charge in [-0.2, -0.15) is 0 Å². The fraction of sp³-hybridized carbons (Fsp3) is 0.562. The zero-order chi connectivity index (χ0) is 15.4. The minimum Gasteiger partial charge on any atom is -0.496 e. The van der Waals surface area contributed by atoms with E-state index in [1.54, 1.807) is 6.07 Å². The number of benzene rings is 1. The van der Waals surface area contributed by atoms with Crippen molar-refractivity contribution in [1.29, 1.82) is 0 Å². The molecule has 5 heteroatoms. The molecule has 1 fully saturated rings. The molecule has 1 aliphatic rings. The van der Waals surface area contributed by atoms with Gasteiger partial charge in [-0.05, 0) is 39.4 Å². The summed E-state index contributed by atoms with van der Waals surface area (Å²) >= 11 is 0. The van der Waals surface area contributed by atoms with Crippen molar-refractivity contribution < 1.29 is 13.9 Å². The van der Waals surface area contributed by atoms with Gasteiger partial charge in [0.1, 0.15) is 11.6 Å². The molecule has 0 aliphatic carbocycles. The first-order valence-electron chi connectivity index (χ1n) is 7.34. The van der Waals surface area contributed by atoms with E-state index in [0.29, 0.717) is 18.2 Å². The second kappa shape index (κ2) is 6.89. The number of carbonyl (C=O) groups excluding carboxylic acids is 1. The highest BCUT2D eigenvalue weighted by atomic mass is 19.1. The van der Waals surface area contributed by atoms with Crippen molar-refractivity contribution in [3.05, 3.63) is 29.6 Å². The van der Waals surface area contributed by atoms with E-state index >= 15 is 0 Å². The molecule has 1 heterocycles. The molecule has 1 aromatic rings. The summed E-state index contributed by atoms with van der Waals surface area (Å²) < 4.78 is 18.4. The number of halogens is 1. The maximum atomic E-state index is 13.2. The highest BCUT2D eigenvalue weighted by Gasteiger charge is 2.24. The molecule has 0 saturated carbocycles. The van der Waals surface area contributed by atoms with Gasteiger partial charge >= 0.3 is 0 Å². The van der Waals surface area contributed by atoms with Crippen LogP contribution in [0, 0.1) is 5.82 Å². The first-order valence-corrected chi connectivity index (χ1v) is 7.34. The number of amides is 1. The highest BCUT2D eigenvalue weighted by molar-refractivity contribution is 5.77. The molecular formula is C16H23FN2O2. The van der Waals surface area contributed by atoms with Gasteiger partial charge in [0.05, 0.1) is 13.2 Å². The lowest BCUT2D eigenvalue weighted by molar-refractivity contribution is -0.122. The number of rotatable bonds is 5. The van der Waals surface area contributed by atoms with E-state index in [2.05, 4.69) is 17.3 Å². The smallest absolute Gasteiger partial charge is 0.222 e. The predicted octanol–water partition coefficient (Wildman–Crippen LogP) is 2.50. The number of hydrogen-bond donors (Lipinski definition) is 1. The van der Waals surface area contributed by atoms with Crippen molar-refractivity contribution in [2.45, 2.75) is 38.3 Å². The monoisotopic (exact) mass is 294 g/mol. The summed E-state index contributed by atoms with van der Waals surface area (Å²) in [6.45, 7) is 2.94. The van der Waals surface area contributed by atoms with Gasteiger partial charge in [0.25, 0.3) is 0 Å². The molecule has 0 aromatic heterocycles. The molecule has 0 bridgehead atoms. The first-order chi connectivity index (χ1) is 10.0. The largest absolute Gasteiger partial charge is 0.496 e. The number of methoxy groups -OCH3 is 1. The molecule has 1 amide bonds. The summed E-state index contributed by atoms with van der Waals surface area (Å²) in [6.07, 6.45) is 2.72. The topological polar surface area (TPSA) is 41.6 Å². The van der Waals surface area contributed by atoms with Crippen LogP contribution in [0.1, 0.15) is 37.8 Å². The zero-order valence-electron chi connectivity index (χ0n) is 12.9. The van der Waals surface area contributed by atoms with Crippen LogP contribution in [0.15, 0.2) is 18.2 Å². The Balaban J connectivity index is 1.97. The number of nitrogens with zero attached hydrogens (tertiary/aromatic N) is 1. The number of ether oxygens (including phenoxy) is 1. The molecule has 0 spiro atoms. The number of hydrogen-bond acceptors (Lipinski definition) is 3. The molecule has 4 nitrogen and oxygen atoms in total. The van der Waals surface area contributed by atoms with E-state index in [-0.39, 0.29) is 17.8 Å². The van der Waals surface area contributed by atoms with Crippen LogP contribution < -0.4 is 10.1 Å². The summed E-state index contributed by atoms with van der Waals surface area (Å²) in [5, 5.41) is 2.97.